The molecule has 2 aliphatic rings. The number of rotatable bonds is 3. The molecule has 0 bridgehead atoms. The molecule has 0 spiro atoms. The van der Waals surface area contributed by atoms with E-state index < -0.39 is 6.04 Å². The van der Waals surface area contributed by atoms with Gasteiger partial charge in [0.05, 0.1) is 11.3 Å². The lowest BCUT2D eigenvalue weighted by molar-refractivity contribution is 0.468. The summed E-state index contributed by atoms with van der Waals surface area (Å²) in [5.41, 5.74) is 6.69. The first-order valence-electron chi connectivity index (χ1n) is 14.7. The third-order valence-electron chi connectivity index (χ3n) is 8.71. The topological polar surface area (TPSA) is 18.5 Å². The summed E-state index contributed by atoms with van der Waals surface area (Å²) in [6, 6.07) is 50.4. The average molecular weight is 601 g/mol. The monoisotopic (exact) mass is 600 g/mol. The molecule has 7 aromatic carbocycles. The molecule has 7 aromatic rings. The van der Waals surface area contributed by atoms with Gasteiger partial charge in [0.15, 0.2) is 0 Å². The Morgan fingerprint density at radius 2 is 1.07 bits per heavy atom. The molecule has 0 aliphatic carbocycles. The van der Waals surface area contributed by atoms with Crippen molar-refractivity contribution in [2.75, 3.05) is 0 Å². The molecule has 0 radical (unpaired) electrons. The maximum absolute atomic E-state index is 7.01. The van der Waals surface area contributed by atoms with Crippen LogP contribution < -0.4 is 25.4 Å². The van der Waals surface area contributed by atoms with E-state index in [9.17, 15) is 0 Å². The molecule has 2 nitrogen and oxygen atoms in total. The minimum absolute atomic E-state index is 0.780. The van der Waals surface area contributed by atoms with E-state index in [-0.39, 0.29) is 0 Å². The molecule has 1 unspecified atom stereocenters. The summed E-state index contributed by atoms with van der Waals surface area (Å²) in [5.74, 6) is 3.24. The van der Waals surface area contributed by atoms with E-state index in [1.165, 1.54) is 5.56 Å². The summed E-state index contributed by atoms with van der Waals surface area (Å²) in [4.78, 5) is 0. The van der Waals surface area contributed by atoms with Gasteiger partial charge in [-0.2, -0.15) is 0 Å². The predicted molar refractivity (Wildman–Crippen MR) is 186 cm³/mol. The average Bonchev–Trinajstić information content (AvgIpc) is 3.09. The first-order valence-corrected chi connectivity index (χ1v) is 17.5. The second-order valence-corrected chi connectivity index (χ2v) is 15.5. The molecule has 0 N–H and O–H groups in total. The standard InChI is InChI=1S/C40H25O2PS/c44-43-37-23-19-30(27-12-5-2-6-13-27)25-36(37)41-35-22-20-32(31-16-9-15-29(24-31)26-10-3-1-4-11-26)38(40(35)43)42-34-21-18-28-14-7-8-17-33(28)39(34)43/h1-25H. The Bertz CT molecular complexity index is 2310. The maximum Gasteiger partial charge on any atom is 0.148 e. The molecular weight excluding hydrogens is 575 g/mol. The first-order chi connectivity index (χ1) is 21.7. The minimum atomic E-state index is -2.61. The van der Waals surface area contributed by atoms with E-state index in [2.05, 4.69) is 140 Å². The number of ether oxygens (including phenoxy) is 2. The zero-order chi connectivity index (χ0) is 29.3. The summed E-state index contributed by atoms with van der Waals surface area (Å²) in [6.45, 7) is 0. The van der Waals surface area contributed by atoms with E-state index >= 15 is 0 Å². The van der Waals surface area contributed by atoms with E-state index in [1.54, 1.807) is 0 Å². The van der Waals surface area contributed by atoms with Gasteiger partial charge < -0.3 is 9.47 Å². The Hall–Kier alpha value is -4.95. The summed E-state index contributed by atoms with van der Waals surface area (Å²) in [5, 5.41) is 5.47. The summed E-state index contributed by atoms with van der Waals surface area (Å²) in [7, 11) is 0. The van der Waals surface area contributed by atoms with Crippen molar-refractivity contribution in [2.45, 2.75) is 0 Å². The van der Waals surface area contributed by atoms with Gasteiger partial charge in [-0.25, -0.2) is 0 Å². The molecule has 2 heterocycles. The minimum Gasteiger partial charge on any atom is -0.456 e. The summed E-state index contributed by atoms with van der Waals surface area (Å²) >= 11 is 7.01. The number of fused-ring (bicyclic) bond motifs is 6. The zero-order valence-corrected chi connectivity index (χ0v) is 25.3. The fourth-order valence-corrected chi connectivity index (χ4v) is 11.5. The van der Waals surface area contributed by atoms with Crippen molar-refractivity contribution in [1.29, 1.82) is 0 Å². The Kier molecular flexibility index (Phi) is 5.68. The van der Waals surface area contributed by atoms with Gasteiger partial charge >= 0.3 is 0 Å². The molecule has 1 atom stereocenters. The largest absolute Gasteiger partial charge is 0.456 e. The third kappa shape index (κ3) is 3.77. The molecule has 44 heavy (non-hydrogen) atoms. The highest BCUT2D eigenvalue weighted by molar-refractivity contribution is 8.26. The van der Waals surface area contributed by atoms with Crippen LogP contribution in [-0.2, 0) is 11.8 Å². The predicted octanol–water partition coefficient (Wildman–Crippen LogP) is 9.81. The van der Waals surface area contributed by atoms with Crippen LogP contribution in [-0.4, -0.2) is 0 Å². The molecule has 9 rings (SSSR count). The normalized spacial score (nSPS) is 15.8. The molecule has 0 aromatic heterocycles. The van der Waals surface area contributed by atoms with Crippen LogP contribution in [0.15, 0.2) is 152 Å². The highest BCUT2D eigenvalue weighted by Gasteiger charge is 2.44. The fourth-order valence-electron chi connectivity index (χ4n) is 6.65. The molecule has 2 aliphatic heterocycles. The van der Waals surface area contributed by atoms with Gasteiger partial charge in [0.2, 0.25) is 0 Å². The Morgan fingerprint density at radius 3 is 1.86 bits per heavy atom. The van der Waals surface area contributed by atoms with Crippen LogP contribution in [0.25, 0.3) is 44.2 Å². The molecule has 4 heteroatoms. The maximum atomic E-state index is 7.01. The van der Waals surface area contributed by atoms with Gasteiger partial charge in [0.25, 0.3) is 0 Å². The van der Waals surface area contributed by atoms with Crippen molar-refractivity contribution in [3.05, 3.63) is 152 Å². The fraction of sp³-hybridized carbons (Fsp3) is 0. The second-order valence-electron chi connectivity index (χ2n) is 11.2. The lowest BCUT2D eigenvalue weighted by Gasteiger charge is -2.39. The number of hydrogen-bond donors (Lipinski definition) is 0. The van der Waals surface area contributed by atoms with Crippen LogP contribution in [0.3, 0.4) is 0 Å². The van der Waals surface area contributed by atoms with Crippen molar-refractivity contribution < 1.29 is 9.47 Å². The quantitative estimate of drug-likeness (QED) is 0.188. The van der Waals surface area contributed by atoms with Crippen molar-refractivity contribution in [3.8, 4) is 56.4 Å². The van der Waals surface area contributed by atoms with E-state index in [1.807, 2.05) is 12.1 Å². The molecular formula is C40H25O2PS. The first kappa shape index (κ1) is 25.5. The van der Waals surface area contributed by atoms with E-state index in [4.69, 9.17) is 21.3 Å². The van der Waals surface area contributed by atoms with Gasteiger partial charge in [-0.15, -0.1) is 0 Å². The van der Waals surface area contributed by atoms with Gasteiger partial charge in [-0.05, 0) is 75.0 Å². The van der Waals surface area contributed by atoms with Gasteiger partial charge in [-0.3, -0.25) is 0 Å². The Balaban J connectivity index is 1.31. The van der Waals surface area contributed by atoms with Gasteiger partial charge in [0, 0.05) is 16.2 Å². The summed E-state index contributed by atoms with van der Waals surface area (Å²) in [6.07, 6.45) is 0. The van der Waals surface area contributed by atoms with Crippen molar-refractivity contribution in [2.24, 2.45) is 0 Å². The second kappa shape index (κ2) is 9.79. The van der Waals surface area contributed by atoms with Crippen LogP contribution in [0.4, 0.5) is 0 Å². The molecule has 0 saturated heterocycles. The van der Waals surface area contributed by atoms with Crippen molar-refractivity contribution >= 4 is 44.5 Å². The molecule has 0 saturated carbocycles. The van der Waals surface area contributed by atoms with Crippen molar-refractivity contribution in [3.63, 3.8) is 0 Å². The van der Waals surface area contributed by atoms with E-state index in [0.29, 0.717) is 0 Å². The van der Waals surface area contributed by atoms with Gasteiger partial charge in [0.1, 0.15) is 23.0 Å². The van der Waals surface area contributed by atoms with Crippen LogP contribution in [0.2, 0.25) is 0 Å². The molecule has 0 amide bonds. The Morgan fingerprint density at radius 1 is 0.432 bits per heavy atom. The molecule has 0 fully saturated rings. The van der Waals surface area contributed by atoms with Crippen LogP contribution >= 0.6 is 6.04 Å². The van der Waals surface area contributed by atoms with Crippen LogP contribution in [0.5, 0.6) is 23.0 Å². The van der Waals surface area contributed by atoms with E-state index in [0.717, 1.165) is 77.5 Å². The van der Waals surface area contributed by atoms with Crippen molar-refractivity contribution in [1.82, 2.24) is 0 Å². The third-order valence-corrected chi connectivity index (χ3v) is 13.6. The highest BCUT2D eigenvalue weighted by atomic mass is 32.4. The summed E-state index contributed by atoms with van der Waals surface area (Å²) < 4.78 is 13.7. The lowest BCUT2D eigenvalue weighted by atomic mass is 9.98. The van der Waals surface area contributed by atoms with Crippen LogP contribution in [0.1, 0.15) is 0 Å². The Labute approximate surface area is 261 Å². The SMILES string of the molecule is S=P12c3ccc(-c4ccccc4)cc3Oc3ccc(-c4cccc(-c5ccccc5)c4)c(c31)Oc1ccc3ccccc3c12. The zero-order valence-electron chi connectivity index (χ0n) is 23.6. The van der Waals surface area contributed by atoms with Crippen LogP contribution in [0, 0.1) is 0 Å². The van der Waals surface area contributed by atoms with Gasteiger partial charge in [-0.1, -0.05) is 127 Å². The number of benzene rings is 7. The molecule has 208 valence electrons. The smallest absolute Gasteiger partial charge is 0.148 e. The number of hydrogen-bond acceptors (Lipinski definition) is 3. The lowest BCUT2D eigenvalue weighted by Crippen LogP contribution is -2.35. The highest BCUT2D eigenvalue weighted by Crippen LogP contribution is 2.61.